The van der Waals surface area contributed by atoms with Gasteiger partial charge in [0.2, 0.25) is 0 Å². The maximum absolute atomic E-state index is 5.63. The van der Waals surface area contributed by atoms with Crippen molar-refractivity contribution in [1.82, 2.24) is 0 Å². The van der Waals surface area contributed by atoms with E-state index in [2.05, 4.69) is 6.92 Å². The average molecular weight is 129 g/mol. The summed E-state index contributed by atoms with van der Waals surface area (Å²) in [4.78, 5) is 0. The molecular formula is C7H15NO. The van der Waals surface area contributed by atoms with E-state index in [0.717, 1.165) is 6.42 Å². The largest absolute Gasteiger partial charge is 0.374 e. The van der Waals surface area contributed by atoms with Crippen LogP contribution in [0.25, 0.3) is 0 Å². The number of ether oxygens (including phenoxy) is 1. The van der Waals surface area contributed by atoms with Crippen LogP contribution in [-0.4, -0.2) is 18.2 Å². The molecule has 0 aromatic heterocycles. The van der Waals surface area contributed by atoms with Gasteiger partial charge in [-0.1, -0.05) is 0 Å². The molecule has 1 rings (SSSR count). The molecule has 1 fully saturated rings. The fourth-order valence-electron chi connectivity index (χ4n) is 1.22. The Kier molecular flexibility index (Phi) is 2.09. The Bertz CT molecular complexity index is 92.9. The van der Waals surface area contributed by atoms with Crippen molar-refractivity contribution < 1.29 is 4.74 Å². The molecule has 9 heavy (non-hydrogen) atoms. The first-order chi connectivity index (χ1) is 4.20. The quantitative estimate of drug-likeness (QED) is 0.571. The first-order valence-electron chi connectivity index (χ1n) is 3.61. The van der Waals surface area contributed by atoms with E-state index in [0.29, 0.717) is 12.2 Å². The topological polar surface area (TPSA) is 35.2 Å². The van der Waals surface area contributed by atoms with E-state index >= 15 is 0 Å². The maximum Gasteiger partial charge on any atom is 0.0727 e. The number of hydrogen-bond acceptors (Lipinski definition) is 2. The summed E-state index contributed by atoms with van der Waals surface area (Å²) in [5.41, 5.74) is 5.63. The molecule has 2 heteroatoms. The van der Waals surface area contributed by atoms with Gasteiger partial charge >= 0.3 is 0 Å². The molecular weight excluding hydrogens is 114 g/mol. The summed E-state index contributed by atoms with van der Waals surface area (Å²) in [5, 5.41) is 0. The van der Waals surface area contributed by atoms with Crippen molar-refractivity contribution in [2.45, 2.75) is 44.9 Å². The van der Waals surface area contributed by atoms with E-state index in [1.165, 1.54) is 6.42 Å². The normalized spacial score (nSPS) is 39.0. The fourth-order valence-corrected chi connectivity index (χ4v) is 1.22. The van der Waals surface area contributed by atoms with Crippen molar-refractivity contribution in [3.63, 3.8) is 0 Å². The SMILES string of the molecule is C[C@H](N)[C@@H]1CC[C@H](C)O1. The summed E-state index contributed by atoms with van der Waals surface area (Å²) < 4.78 is 5.50. The molecule has 1 heterocycles. The molecule has 0 unspecified atom stereocenters. The van der Waals surface area contributed by atoms with E-state index in [9.17, 15) is 0 Å². The zero-order valence-electron chi connectivity index (χ0n) is 6.13. The van der Waals surface area contributed by atoms with Crippen molar-refractivity contribution in [3.05, 3.63) is 0 Å². The Balaban J connectivity index is 2.30. The highest BCUT2D eigenvalue weighted by Crippen LogP contribution is 2.20. The van der Waals surface area contributed by atoms with Crippen LogP contribution in [0.2, 0.25) is 0 Å². The van der Waals surface area contributed by atoms with E-state index in [1.807, 2.05) is 6.92 Å². The molecule has 3 atom stereocenters. The molecule has 1 aliphatic heterocycles. The van der Waals surface area contributed by atoms with Gasteiger partial charge in [0.25, 0.3) is 0 Å². The van der Waals surface area contributed by atoms with Crippen LogP contribution in [-0.2, 0) is 4.74 Å². The molecule has 54 valence electrons. The lowest BCUT2D eigenvalue weighted by Gasteiger charge is -2.13. The van der Waals surface area contributed by atoms with Gasteiger partial charge in [-0.15, -0.1) is 0 Å². The Hall–Kier alpha value is -0.0800. The summed E-state index contributed by atoms with van der Waals surface area (Å²) in [6, 6.07) is 0.204. The molecule has 2 N–H and O–H groups in total. The smallest absolute Gasteiger partial charge is 0.0727 e. The highest BCUT2D eigenvalue weighted by Gasteiger charge is 2.24. The van der Waals surface area contributed by atoms with Crippen LogP contribution in [0, 0.1) is 0 Å². The molecule has 0 radical (unpaired) electrons. The minimum atomic E-state index is 0.204. The number of rotatable bonds is 1. The number of hydrogen-bond donors (Lipinski definition) is 1. The lowest BCUT2D eigenvalue weighted by atomic mass is 10.1. The molecule has 0 aliphatic carbocycles. The van der Waals surface area contributed by atoms with E-state index in [-0.39, 0.29) is 6.04 Å². The highest BCUT2D eigenvalue weighted by molar-refractivity contribution is 4.76. The third-order valence-corrected chi connectivity index (χ3v) is 1.85. The van der Waals surface area contributed by atoms with Crippen molar-refractivity contribution in [2.75, 3.05) is 0 Å². The molecule has 0 aromatic carbocycles. The predicted octanol–water partition coefficient (Wildman–Crippen LogP) is 0.901. The molecule has 0 bridgehead atoms. The Morgan fingerprint density at radius 1 is 1.56 bits per heavy atom. The molecule has 0 amide bonds. The van der Waals surface area contributed by atoms with Crippen molar-refractivity contribution in [2.24, 2.45) is 5.73 Å². The van der Waals surface area contributed by atoms with Crippen LogP contribution in [0.4, 0.5) is 0 Å². The van der Waals surface area contributed by atoms with Crippen LogP contribution in [0.3, 0.4) is 0 Å². The van der Waals surface area contributed by atoms with Crippen molar-refractivity contribution in [3.8, 4) is 0 Å². The molecule has 0 aromatic rings. The van der Waals surface area contributed by atoms with Gasteiger partial charge in [0.15, 0.2) is 0 Å². The zero-order valence-corrected chi connectivity index (χ0v) is 6.13. The molecule has 0 spiro atoms. The first kappa shape index (κ1) is 7.03. The Morgan fingerprint density at radius 2 is 2.22 bits per heavy atom. The lowest BCUT2D eigenvalue weighted by molar-refractivity contribution is 0.0439. The summed E-state index contributed by atoms with van der Waals surface area (Å²) in [6.07, 6.45) is 3.06. The zero-order chi connectivity index (χ0) is 6.85. The van der Waals surface area contributed by atoms with Gasteiger partial charge in [0.1, 0.15) is 0 Å². The van der Waals surface area contributed by atoms with Gasteiger partial charge in [0, 0.05) is 6.04 Å². The summed E-state index contributed by atoms with van der Waals surface area (Å²) in [7, 11) is 0. The van der Waals surface area contributed by atoms with Crippen LogP contribution in [0.1, 0.15) is 26.7 Å². The Labute approximate surface area is 56.4 Å². The van der Waals surface area contributed by atoms with Crippen molar-refractivity contribution in [1.29, 1.82) is 0 Å². The molecule has 2 nitrogen and oxygen atoms in total. The molecule has 1 saturated heterocycles. The van der Waals surface area contributed by atoms with E-state index < -0.39 is 0 Å². The van der Waals surface area contributed by atoms with Gasteiger partial charge in [0.05, 0.1) is 12.2 Å². The monoisotopic (exact) mass is 129 g/mol. The summed E-state index contributed by atoms with van der Waals surface area (Å²) >= 11 is 0. The van der Waals surface area contributed by atoms with Gasteiger partial charge in [-0.2, -0.15) is 0 Å². The Morgan fingerprint density at radius 3 is 2.44 bits per heavy atom. The second-order valence-electron chi connectivity index (χ2n) is 2.92. The van der Waals surface area contributed by atoms with Gasteiger partial charge in [-0.3, -0.25) is 0 Å². The minimum absolute atomic E-state index is 0.204. The fraction of sp³-hybridized carbons (Fsp3) is 1.00. The summed E-state index contributed by atoms with van der Waals surface area (Å²) in [5.74, 6) is 0. The van der Waals surface area contributed by atoms with Gasteiger partial charge in [-0.25, -0.2) is 0 Å². The number of nitrogens with two attached hydrogens (primary N) is 1. The van der Waals surface area contributed by atoms with Crippen molar-refractivity contribution >= 4 is 0 Å². The lowest BCUT2D eigenvalue weighted by Crippen LogP contribution is -2.31. The average Bonchev–Trinajstić information content (AvgIpc) is 2.14. The summed E-state index contributed by atoms with van der Waals surface area (Å²) in [6.45, 7) is 4.10. The van der Waals surface area contributed by atoms with Crippen LogP contribution in [0.5, 0.6) is 0 Å². The second kappa shape index (κ2) is 2.67. The van der Waals surface area contributed by atoms with Crippen LogP contribution < -0.4 is 5.73 Å². The van der Waals surface area contributed by atoms with Crippen LogP contribution >= 0.6 is 0 Å². The van der Waals surface area contributed by atoms with E-state index in [4.69, 9.17) is 10.5 Å². The van der Waals surface area contributed by atoms with Gasteiger partial charge < -0.3 is 10.5 Å². The molecule has 1 aliphatic rings. The minimum Gasteiger partial charge on any atom is -0.374 e. The first-order valence-corrected chi connectivity index (χ1v) is 3.61. The predicted molar refractivity (Wildman–Crippen MR) is 37.2 cm³/mol. The second-order valence-corrected chi connectivity index (χ2v) is 2.92. The van der Waals surface area contributed by atoms with Gasteiger partial charge in [-0.05, 0) is 26.7 Å². The third-order valence-electron chi connectivity index (χ3n) is 1.85. The third kappa shape index (κ3) is 1.66. The highest BCUT2D eigenvalue weighted by atomic mass is 16.5. The standard InChI is InChI=1S/C7H15NO/c1-5-3-4-7(9-5)6(2)8/h5-7H,3-4,8H2,1-2H3/t5-,6-,7-/m0/s1. The van der Waals surface area contributed by atoms with E-state index in [1.54, 1.807) is 0 Å². The maximum atomic E-state index is 5.63. The van der Waals surface area contributed by atoms with Crippen LogP contribution in [0.15, 0.2) is 0 Å². The molecule has 0 saturated carbocycles.